The zero-order valence-corrected chi connectivity index (χ0v) is 11.3. The predicted molar refractivity (Wildman–Crippen MR) is 64.6 cm³/mol. The maximum atomic E-state index is 11.7. The van der Waals surface area contributed by atoms with Gasteiger partial charge in [-0.25, -0.2) is 0 Å². The number of nitrogens with zero attached hydrogens (tertiary/aromatic N) is 1. The van der Waals surface area contributed by atoms with Crippen molar-refractivity contribution < 1.29 is 14.3 Å². The summed E-state index contributed by atoms with van der Waals surface area (Å²) in [6, 6.07) is 0. The van der Waals surface area contributed by atoms with Crippen LogP contribution in [0, 0.1) is 0 Å². The SMILES string of the molecule is CC1(C)OC(CCC(N)=O)CN1C(=O)C(Cl)Cl. The summed E-state index contributed by atoms with van der Waals surface area (Å²) >= 11 is 11.1. The van der Waals surface area contributed by atoms with Crippen LogP contribution in [0.25, 0.3) is 0 Å². The summed E-state index contributed by atoms with van der Waals surface area (Å²) in [5.41, 5.74) is 4.30. The molecule has 1 saturated heterocycles. The average Bonchev–Trinajstić information content (AvgIpc) is 2.49. The number of hydrogen-bond acceptors (Lipinski definition) is 3. The Balaban J connectivity index is 2.63. The van der Waals surface area contributed by atoms with Gasteiger partial charge in [0.2, 0.25) is 5.91 Å². The van der Waals surface area contributed by atoms with Crippen LogP contribution in [0.5, 0.6) is 0 Å². The van der Waals surface area contributed by atoms with Crippen LogP contribution in [0.15, 0.2) is 0 Å². The normalized spacial score (nSPS) is 23.1. The van der Waals surface area contributed by atoms with Gasteiger partial charge in [0.05, 0.1) is 6.10 Å². The fourth-order valence-corrected chi connectivity index (χ4v) is 2.09. The number of primary amides is 1. The molecule has 0 saturated carbocycles. The summed E-state index contributed by atoms with van der Waals surface area (Å²) in [5.74, 6) is -0.774. The summed E-state index contributed by atoms with van der Waals surface area (Å²) in [4.78, 5) is 22.8. The fourth-order valence-electron chi connectivity index (χ4n) is 1.86. The highest BCUT2D eigenvalue weighted by Crippen LogP contribution is 2.30. The zero-order chi connectivity index (χ0) is 13.2. The number of rotatable bonds is 4. The summed E-state index contributed by atoms with van der Waals surface area (Å²) in [6.45, 7) is 3.88. The number of carbonyl (C=O) groups is 2. The van der Waals surface area contributed by atoms with E-state index in [0.29, 0.717) is 13.0 Å². The van der Waals surface area contributed by atoms with E-state index < -0.39 is 10.6 Å². The highest BCUT2D eigenvalue weighted by molar-refractivity contribution is 6.53. The molecule has 0 aromatic rings. The molecule has 1 fully saturated rings. The van der Waals surface area contributed by atoms with E-state index in [-0.39, 0.29) is 24.3 Å². The Labute approximate surface area is 110 Å². The molecule has 1 aliphatic heterocycles. The number of halogens is 2. The Morgan fingerprint density at radius 2 is 2.12 bits per heavy atom. The molecule has 17 heavy (non-hydrogen) atoms. The van der Waals surface area contributed by atoms with Crippen molar-refractivity contribution in [2.45, 2.75) is 43.4 Å². The van der Waals surface area contributed by atoms with Crippen LogP contribution in [-0.2, 0) is 14.3 Å². The van der Waals surface area contributed by atoms with Crippen LogP contribution < -0.4 is 5.73 Å². The molecule has 0 bridgehead atoms. The lowest BCUT2D eigenvalue weighted by atomic mass is 10.2. The molecule has 2 amide bonds. The smallest absolute Gasteiger partial charge is 0.258 e. The molecule has 5 nitrogen and oxygen atoms in total. The second kappa shape index (κ2) is 5.42. The van der Waals surface area contributed by atoms with E-state index in [0.717, 1.165) is 0 Å². The molecule has 1 unspecified atom stereocenters. The van der Waals surface area contributed by atoms with Crippen LogP contribution in [0.2, 0.25) is 0 Å². The third kappa shape index (κ3) is 3.72. The molecule has 0 aromatic heterocycles. The van der Waals surface area contributed by atoms with Crippen molar-refractivity contribution >= 4 is 35.0 Å². The summed E-state index contributed by atoms with van der Waals surface area (Å²) < 4.78 is 5.66. The Kier molecular flexibility index (Phi) is 4.63. The van der Waals surface area contributed by atoms with Crippen LogP contribution >= 0.6 is 23.2 Å². The van der Waals surface area contributed by atoms with Gasteiger partial charge >= 0.3 is 0 Å². The minimum atomic E-state index is -1.10. The molecule has 7 heteroatoms. The van der Waals surface area contributed by atoms with Crippen LogP contribution in [0.4, 0.5) is 0 Å². The van der Waals surface area contributed by atoms with Crippen LogP contribution in [-0.4, -0.2) is 39.9 Å². The lowest BCUT2D eigenvalue weighted by molar-refractivity contribution is -0.144. The van der Waals surface area contributed by atoms with Crippen molar-refractivity contribution in [1.29, 1.82) is 0 Å². The lowest BCUT2D eigenvalue weighted by Crippen LogP contribution is -2.45. The second-order valence-electron chi connectivity index (χ2n) is 4.44. The van der Waals surface area contributed by atoms with Crippen molar-refractivity contribution in [3.05, 3.63) is 0 Å². The number of alkyl halides is 2. The molecule has 0 aromatic carbocycles. The van der Waals surface area contributed by atoms with Crippen molar-refractivity contribution in [3.63, 3.8) is 0 Å². The number of ether oxygens (including phenoxy) is 1. The van der Waals surface area contributed by atoms with Crippen molar-refractivity contribution in [3.8, 4) is 0 Å². The molecule has 2 N–H and O–H groups in total. The number of hydrogen-bond donors (Lipinski definition) is 1. The van der Waals surface area contributed by atoms with E-state index in [9.17, 15) is 9.59 Å². The molecule has 1 aliphatic rings. The number of amides is 2. The molecular weight excluding hydrogens is 267 g/mol. The van der Waals surface area contributed by atoms with E-state index in [1.165, 1.54) is 4.90 Å². The minimum Gasteiger partial charge on any atom is -0.370 e. The zero-order valence-electron chi connectivity index (χ0n) is 9.78. The minimum absolute atomic E-state index is 0.214. The van der Waals surface area contributed by atoms with E-state index in [4.69, 9.17) is 33.7 Å². The van der Waals surface area contributed by atoms with E-state index in [2.05, 4.69) is 0 Å². The van der Waals surface area contributed by atoms with Crippen molar-refractivity contribution in [2.75, 3.05) is 6.54 Å². The Bertz CT molecular complexity index is 321. The molecule has 0 radical (unpaired) electrons. The molecular formula is C10H16Cl2N2O3. The summed E-state index contributed by atoms with van der Waals surface area (Å²) in [7, 11) is 0. The van der Waals surface area contributed by atoms with Gasteiger partial charge in [-0.2, -0.15) is 0 Å². The first-order valence-electron chi connectivity index (χ1n) is 5.30. The average molecular weight is 283 g/mol. The first kappa shape index (κ1) is 14.5. The lowest BCUT2D eigenvalue weighted by Gasteiger charge is -2.30. The van der Waals surface area contributed by atoms with Gasteiger partial charge in [-0.05, 0) is 20.3 Å². The van der Waals surface area contributed by atoms with Gasteiger partial charge in [-0.1, -0.05) is 23.2 Å². The van der Waals surface area contributed by atoms with Crippen LogP contribution in [0.1, 0.15) is 26.7 Å². The van der Waals surface area contributed by atoms with Gasteiger partial charge in [0.15, 0.2) is 4.84 Å². The van der Waals surface area contributed by atoms with Gasteiger partial charge < -0.3 is 15.4 Å². The third-order valence-corrected chi connectivity index (χ3v) is 3.03. The standard InChI is InChI=1S/C10H16Cl2N2O3/c1-10(2)14(9(16)8(11)12)5-6(17-10)3-4-7(13)15/h6,8H,3-5H2,1-2H3,(H2,13,15). The Hall–Kier alpha value is -0.520. The second-order valence-corrected chi connectivity index (χ2v) is 5.54. The largest absolute Gasteiger partial charge is 0.370 e. The van der Waals surface area contributed by atoms with Crippen molar-refractivity contribution in [1.82, 2.24) is 4.90 Å². The Morgan fingerprint density at radius 1 is 1.53 bits per heavy atom. The number of nitrogens with two attached hydrogens (primary N) is 1. The maximum Gasteiger partial charge on any atom is 0.258 e. The van der Waals surface area contributed by atoms with Gasteiger partial charge in [-0.15, -0.1) is 0 Å². The highest BCUT2D eigenvalue weighted by Gasteiger charge is 2.43. The van der Waals surface area contributed by atoms with Gasteiger partial charge in [0.1, 0.15) is 5.72 Å². The Morgan fingerprint density at radius 3 is 2.59 bits per heavy atom. The van der Waals surface area contributed by atoms with E-state index in [1.807, 2.05) is 0 Å². The topological polar surface area (TPSA) is 72.6 Å². The maximum absolute atomic E-state index is 11.7. The molecule has 0 aliphatic carbocycles. The fraction of sp³-hybridized carbons (Fsp3) is 0.800. The van der Waals surface area contributed by atoms with E-state index in [1.54, 1.807) is 13.8 Å². The predicted octanol–water partition coefficient (Wildman–Crippen LogP) is 1.02. The van der Waals surface area contributed by atoms with Crippen LogP contribution in [0.3, 0.4) is 0 Å². The highest BCUT2D eigenvalue weighted by atomic mass is 35.5. The quantitative estimate of drug-likeness (QED) is 0.783. The molecule has 98 valence electrons. The first-order valence-corrected chi connectivity index (χ1v) is 6.17. The van der Waals surface area contributed by atoms with Gasteiger partial charge in [0.25, 0.3) is 5.91 Å². The molecule has 0 spiro atoms. The summed E-state index contributed by atoms with van der Waals surface area (Å²) in [6.07, 6.45) is 0.500. The molecule has 1 rings (SSSR count). The summed E-state index contributed by atoms with van der Waals surface area (Å²) in [5, 5.41) is 0. The molecule has 1 atom stereocenters. The number of carbonyl (C=O) groups excluding carboxylic acids is 2. The van der Waals surface area contributed by atoms with E-state index >= 15 is 0 Å². The molecule has 1 heterocycles. The monoisotopic (exact) mass is 282 g/mol. The van der Waals surface area contributed by atoms with Gasteiger partial charge in [0, 0.05) is 13.0 Å². The van der Waals surface area contributed by atoms with Gasteiger partial charge in [-0.3, -0.25) is 9.59 Å². The van der Waals surface area contributed by atoms with Crippen molar-refractivity contribution in [2.24, 2.45) is 5.73 Å². The first-order chi connectivity index (χ1) is 7.74. The third-order valence-electron chi connectivity index (χ3n) is 2.66.